The Hall–Kier alpha value is -2.86. The number of ether oxygens (including phenoxy) is 2. The standard InChI is InChI=1S/C31H52N4O8/c1-23-21-27(38)34(29(23)40)15-9-5-7-11-25(36)32-13-17-42-19-20-43-18-14-33-26(37)12-8-6-10-16-35-28(39)22-24(30(35)41)31(2,3)4/h23-24H,5-22H2,1-4H3,(H,32,36)(H,33,37). The lowest BCUT2D eigenvalue weighted by molar-refractivity contribution is -0.141. The molecule has 0 aromatic carbocycles. The van der Waals surface area contributed by atoms with Gasteiger partial charge in [-0.2, -0.15) is 0 Å². The zero-order chi connectivity index (χ0) is 31.8. The van der Waals surface area contributed by atoms with Crippen LogP contribution in [-0.4, -0.2) is 97.8 Å². The first-order valence-corrected chi connectivity index (χ1v) is 15.8. The van der Waals surface area contributed by atoms with Crippen LogP contribution in [0.3, 0.4) is 0 Å². The Morgan fingerprint density at radius 2 is 1.16 bits per heavy atom. The van der Waals surface area contributed by atoms with Crippen LogP contribution < -0.4 is 10.6 Å². The lowest BCUT2D eigenvalue weighted by Gasteiger charge is -2.24. The number of carbonyl (C=O) groups excluding carboxylic acids is 6. The number of rotatable bonds is 21. The summed E-state index contributed by atoms with van der Waals surface area (Å²) in [7, 11) is 0. The molecule has 12 heteroatoms. The first-order valence-electron chi connectivity index (χ1n) is 15.8. The fourth-order valence-corrected chi connectivity index (χ4v) is 5.17. The van der Waals surface area contributed by atoms with Gasteiger partial charge in [-0.1, -0.05) is 40.5 Å². The molecule has 244 valence electrons. The average molecular weight is 609 g/mol. The Kier molecular flexibility index (Phi) is 15.8. The summed E-state index contributed by atoms with van der Waals surface area (Å²) in [6.07, 6.45) is 5.70. The normalized spacial score (nSPS) is 19.1. The summed E-state index contributed by atoms with van der Waals surface area (Å²) < 4.78 is 10.9. The second-order valence-electron chi connectivity index (χ2n) is 12.5. The summed E-state index contributed by atoms with van der Waals surface area (Å²) >= 11 is 0. The highest BCUT2D eigenvalue weighted by Crippen LogP contribution is 2.35. The molecule has 0 aliphatic carbocycles. The van der Waals surface area contributed by atoms with Crippen molar-refractivity contribution in [1.29, 1.82) is 0 Å². The van der Waals surface area contributed by atoms with E-state index in [1.165, 1.54) is 9.80 Å². The molecule has 0 aromatic heterocycles. The van der Waals surface area contributed by atoms with Crippen molar-refractivity contribution in [3.05, 3.63) is 0 Å². The van der Waals surface area contributed by atoms with Crippen LogP contribution in [0.15, 0.2) is 0 Å². The zero-order valence-electron chi connectivity index (χ0n) is 26.5. The number of nitrogens with one attached hydrogen (secondary N) is 2. The summed E-state index contributed by atoms with van der Waals surface area (Å²) in [5.74, 6) is -0.939. The van der Waals surface area contributed by atoms with E-state index in [1.807, 2.05) is 20.8 Å². The Bertz CT molecular complexity index is 964. The van der Waals surface area contributed by atoms with Gasteiger partial charge in [0.25, 0.3) is 0 Å². The van der Waals surface area contributed by atoms with Crippen LogP contribution in [0.5, 0.6) is 0 Å². The molecule has 0 saturated carbocycles. The third kappa shape index (κ3) is 13.1. The van der Waals surface area contributed by atoms with Gasteiger partial charge < -0.3 is 20.1 Å². The van der Waals surface area contributed by atoms with E-state index in [4.69, 9.17) is 9.47 Å². The van der Waals surface area contributed by atoms with Crippen LogP contribution in [-0.2, 0) is 38.2 Å². The predicted molar refractivity (Wildman–Crippen MR) is 159 cm³/mol. The molecule has 12 nitrogen and oxygen atoms in total. The molecule has 2 saturated heterocycles. The highest BCUT2D eigenvalue weighted by atomic mass is 16.5. The maximum Gasteiger partial charge on any atom is 0.233 e. The van der Waals surface area contributed by atoms with Gasteiger partial charge in [-0.3, -0.25) is 38.6 Å². The molecule has 2 unspecified atom stereocenters. The van der Waals surface area contributed by atoms with Crippen LogP contribution in [0.4, 0.5) is 0 Å². The van der Waals surface area contributed by atoms with Gasteiger partial charge in [0, 0.05) is 57.8 Å². The number of hydrogen-bond acceptors (Lipinski definition) is 8. The largest absolute Gasteiger partial charge is 0.377 e. The van der Waals surface area contributed by atoms with Crippen LogP contribution in [0, 0.1) is 17.3 Å². The van der Waals surface area contributed by atoms with Crippen molar-refractivity contribution < 1.29 is 38.2 Å². The van der Waals surface area contributed by atoms with Gasteiger partial charge in [-0.05, 0) is 31.1 Å². The van der Waals surface area contributed by atoms with Crippen molar-refractivity contribution in [2.45, 2.75) is 91.9 Å². The molecule has 2 heterocycles. The number of likely N-dealkylation sites (tertiary alicyclic amines) is 2. The summed E-state index contributed by atoms with van der Waals surface area (Å²) in [6.45, 7) is 10.9. The zero-order valence-corrected chi connectivity index (χ0v) is 26.5. The number of carbonyl (C=O) groups is 6. The fourth-order valence-electron chi connectivity index (χ4n) is 5.17. The van der Waals surface area contributed by atoms with E-state index in [1.54, 1.807) is 6.92 Å². The molecule has 2 N–H and O–H groups in total. The fraction of sp³-hybridized carbons (Fsp3) is 0.806. The first-order chi connectivity index (χ1) is 20.4. The monoisotopic (exact) mass is 608 g/mol. The van der Waals surface area contributed by atoms with Crippen molar-refractivity contribution in [1.82, 2.24) is 20.4 Å². The number of imide groups is 2. The molecule has 2 atom stereocenters. The summed E-state index contributed by atoms with van der Waals surface area (Å²) in [4.78, 5) is 75.0. The van der Waals surface area contributed by atoms with Crippen molar-refractivity contribution in [2.75, 3.05) is 52.6 Å². The molecule has 0 aromatic rings. The maximum atomic E-state index is 12.5. The van der Waals surface area contributed by atoms with Crippen molar-refractivity contribution >= 4 is 35.4 Å². The minimum atomic E-state index is -0.251. The van der Waals surface area contributed by atoms with Crippen molar-refractivity contribution in [2.24, 2.45) is 17.3 Å². The van der Waals surface area contributed by atoms with E-state index >= 15 is 0 Å². The number of unbranched alkanes of at least 4 members (excludes halogenated alkanes) is 4. The third-order valence-electron chi connectivity index (χ3n) is 7.84. The molecular weight excluding hydrogens is 556 g/mol. The van der Waals surface area contributed by atoms with Gasteiger partial charge in [-0.15, -0.1) is 0 Å². The molecule has 6 amide bonds. The second-order valence-corrected chi connectivity index (χ2v) is 12.5. The van der Waals surface area contributed by atoms with Gasteiger partial charge in [0.2, 0.25) is 35.4 Å². The van der Waals surface area contributed by atoms with E-state index in [0.29, 0.717) is 97.6 Å². The third-order valence-corrected chi connectivity index (χ3v) is 7.84. The van der Waals surface area contributed by atoms with Crippen LogP contribution in [0.25, 0.3) is 0 Å². The van der Waals surface area contributed by atoms with Gasteiger partial charge in [-0.25, -0.2) is 0 Å². The van der Waals surface area contributed by atoms with E-state index < -0.39 is 0 Å². The van der Waals surface area contributed by atoms with Crippen LogP contribution in [0.2, 0.25) is 0 Å². The summed E-state index contributed by atoms with van der Waals surface area (Å²) in [6, 6.07) is 0. The molecular formula is C31H52N4O8. The SMILES string of the molecule is CC1CC(=O)N(CCCCCC(=O)NCCOCCOCCNC(=O)CCCCCN2C(=O)CC(C(C)(C)C)C2=O)C1=O. The van der Waals surface area contributed by atoms with Gasteiger partial charge in [0.05, 0.1) is 32.3 Å². The van der Waals surface area contributed by atoms with Crippen LogP contribution in [0.1, 0.15) is 91.9 Å². The van der Waals surface area contributed by atoms with Gasteiger partial charge in [0.15, 0.2) is 0 Å². The molecule has 2 aliphatic heterocycles. The Morgan fingerprint density at radius 1 is 0.698 bits per heavy atom. The Labute approximate surface area is 255 Å². The average Bonchev–Trinajstić information content (AvgIpc) is 3.37. The van der Waals surface area contributed by atoms with E-state index in [0.717, 1.165) is 12.8 Å². The number of hydrogen-bond donors (Lipinski definition) is 2. The summed E-state index contributed by atoms with van der Waals surface area (Å²) in [5.41, 5.74) is -0.222. The van der Waals surface area contributed by atoms with Crippen LogP contribution >= 0.6 is 0 Å². The Morgan fingerprint density at radius 3 is 1.58 bits per heavy atom. The molecule has 2 rings (SSSR count). The highest BCUT2D eigenvalue weighted by Gasteiger charge is 2.44. The van der Waals surface area contributed by atoms with Crippen molar-refractivity contribution in [3.8, 4) is 0 Å². The minimum absolute atomic E-state index is 0.0522. The second kappa shape index (κ2) is 18.7. The smallest absolute Gasteiger partial charge is 0.233 e. The molecule has 2 fully saturated rings. The molecule has 0 bridgehead atoms. The van der Waals surface area contributed by atoms with Gasteiger partial charge >= 0.3 is 0 Å². The quantitative estimate of drug-likeness (QED) is 0.149. The van der Waals surface area contributed by atoms with E-state index in [2.05, 4.69) is 10.6 Å². The van der Waals surface area contributed by atoms with Crippen molar-refractivity contribution in [3.63, 3.8) is 0 Å². The number of nitrogens with zero attached hydrogens (tertiary/aromatic N) is 2. The molecule has 2 aliphatic rings. The maximum absolute atomic E-state index is 12.5. The number of amides is 6. The predicted octanol–water partition coefficient (Wildman–Crippen LogP) is 2.19. The lowest BCUT2D eigenvalue weighted by Crippen LogP contribution is -2.34. The topological polar surface area (TPSA) is 151 Å². The lowest BCUT2D eigenvalue weighted by atomic mass is 9.80. The first kappa shape index (κ1) is 36.3. The molecule has 43 heavy (non-hydrogen) atoms. The molecule has 0 spiro atoms. The van der Waals surface area contributed by atoms with E-state index in [-0.39, 0.29) is 59.1 Å². The minimum Gasteiger partial charge on any atom is -0.377 e. The summed E-state index contributed by atoms with van der Waals surface area (Å²) in [5, 5.41) is 5.62. The molecule has 0 radical (unpaired) electrons. The van der Waals surface area contributed by atoms with Gasteiger partial charge in [0.1, 0.15) is 0 Å². The Balaban J connectivity index is 1.34. The highest BCUT2D eigenvalue weighted by molar-refractivity contribution is 6.04. The van der Waals surface area contributed by atoms with E-state index in [9.17, 15) is 28.8 Å².